The van der Waals surface area contributed by atoms with E-state index in [9.17, 15) is 0 Å². The Labute approximate surface area is 117 Å². The molecule has 0 aliphatic carbocycles. The van der Waals surface area contributed by atoms with Gasteiger partial charge in [-0.2, -0.15) is 5.26 Å². The summed E-state index contributed by atoms with van der Waals surface area (Å²) in [7, 11) is 0. The summed E-state index contributed by atoms with van der Waals surface area (Å²) in [5.74, 6) is 0.598. The SMILES string of the molecule is CCCNC(c1ccn(CCCCC#N)c1)C(C)C. The fourth-order valence-corrected chi connectivity index (χ4v) is 2.32. The van der Waals surface area contributed by atoms with Crippen molar-refractivity contribution in [2.75, 3.05) is 6.54 Å². The number of rotatable bonds is 9. The molecule has 0 saturated carbocycles. The van der Waals surface area contributed by atoms with Crippen molar-refractivity contribution in [3.8, 4) is 6.07 Å². The Balaban J connectivity index is 2.53. The average Bonchev–Trinajstić information content (AvgIpc) is 2.83. The molecule has 3 heteroatoms. The zero-order chi connectivity index (χ0) is 14.1. The highest BCUT2D eigenvalue weighted by molar-refractivity contribution is 5.16. The topological polar surface area (TPSA) is 40.8 Å². The standard InChI is InChI=1S/C16H27N3/c1-4-10-18-16(14(2)3)15-8-12-19(13-15)11-7-5-6-9-17/h8,12-14,16,18H,4-7,10-11H2,1-3H3. The first-order valence-electron chi connectivity index (χ1n) is 7.45. The first kappa shape index (κ1) is 15.8. The maximum absolute atomic E-state index is 8.52. The van der Waals surface area contributed by atoms with Crippen LogP contribution in [0.4, 0.5) is 0 Å². The largest absolute Gasteiger partial charge is 0.354 e. The van der Waals surface area contributed by atoms with Crippen LogP contribution in [0.3, 0.4) is 0 Å². The van der Waals surface area contributed by atoms with Crippen LogP contribution in [0.1, 0.15) is 58.1 Å². The molecule has 0 aromatic carbocycles. The Morgan fingerprint density at radius 2 is 2.16 bits per heavy atom. The van der Waals surface area contributed by atoms with Gasteiger partial charge in [-0.1, -0.05) is 20.8 Å². The fourth-order valence-electron chi connectivity index (χ4n) is 2.32. The number of nitriles is 1. The molecule has 1 aromatic rings. The molecule has 1 N–H and O–H groups in total. The number of aromatic nitrogens is 1. The van der Waals surface area contributed by atoms with Gasteiger partial charge in [-0.05, 0) is 43.4 Å². The van der Waals surface area contributed by atoms with Crippen molar-refractivity contribution < 1.29 is 0 Å². The van der Waals surface area contributed by atoms with Gasteiger partial charge in [-0.3, -0.25) is 0 Å². The van der Waals surface area contributed by atoms with Gasteiger partial charge in [0.25, 0.3) is 0 Å². The molecule has 106 valence electrons. The quantitative estimate of drug-likeness (QED) is 0.685. The lowest BCUT2D eigenvalue weighted by molar-refractivity contribution is 0.412. The van der Waals surface area contributed by atoms with Crippen LogP contribution in [-0.2, 0) is 6.54 Å². The van der Waals surface area contributed by atoms with Crippen LogP contribution in [0, 0.1) is 17.2 Å². The summed E-state index contributed by atoms with van der Waals surface area (Å²) in [5.41, 5.74) is 1.38. The molecule has 19 heavy (non-hydrogen) atoms. The summed E-state index contributed by atoms with van der Waals surface area (Å²) in [4.78, 5) is 0. The van der Waals surface area contributed by atoms with Gasteiger partial charge in [0.1, 0.15) is 0 Å². The minimum Gasteiger partial charge on any atom is -0.354 e. The molecule has 0 amide bonds. The smallest absolute Gasteiger partial charge is 0.0621 e. The van der Waals surface area contributed by atoms with E-state index in [4.69, 9.17) is 5.26 Å². The third kappa shape index (κ3) is 5.48. The average molecular weight is 261 g/mol. The van der Waals surface area contributed by atoms with Gasteiger partial charge in [0.2, 0.25) is 0 Å². The number of unbranched alkanes of at least 4 members (excludes halogenated alkanes) is 2. The maximum atomic E-state index is 8.52. The van der Waals surface area contributed by atoms with Crippen molar-refractivity contribution in [3.05, 3.63) is 24.0 Å². The van der Waals surface area contributed by atoms with Crippen molar-refractivity contribution in [2.45, 2.75) is 59.0 Å². The molecule has 0 bridgehead atoms. The molecule has 0 spiro atoms. The Bertz CT molecular complexity index is 387. The van der Waals surface area contributed by atoms with Crippen molar-refractivity contribution in [1.82, 2.24) is 9.88 Å². The van der Waals surface area contributed by atoms with E-state index in [1.807, 2.05) is 0 Å². The second-order valence-electron chi connectivity index (χ2n) is 5.47. The Kier molecular flexibility index (Phi) is 7.28. The van der Waals surface area contributed by atoms with E-state index in [0.717, 1.165) is 32.4 Å². The molecular weight excluding hydrogens is 234 g/mol. The first-order valence-corrected chi connectivity index (χ1v) is 7.45. The second-order valence-corrected chi connectivity index (χ2v) is 5.47. The van der Waals surface area contributed by atoms with E-state index >= 15 is 0 Å². The van der Waals surface area contributed by atoms with Gasteiger partial charge in [0.15, 0.2) is 0 Å². The summed E-state index contributed by atoms with van der Waals surface area (Å²) in [6.07, 6.45) is 8.31. The molecule has 0 aliphatic heterocycles. The minimum absolute atomic E-state index is 0.445. The van der Waals surface area contributed by atoms with E-state index in [0.29, 0.717) is 18.4 Å². The van der Waals surface area contributed by atoms with Crippen LogP contribution in [0.5, 0.6) is 0 Å². The Morgan fingerprint density at radius 3 is 2.79 bits per heavy atom. The maximum Gasteiger partial charge on any atom is 0.0621 e. The van der Waals surface area contributed by atoms with E-state index in [2.05, 4.69) is 55.2 Å². The number of hydrogen-bond donors (Lipinski definition) is 1. The molecule has 1 atom stereocenters. The van der Waals surface area contributed by atoms with E-state index < -0.39 is 0 Å². The Hall–Kier alpha value is -1.27. The van der Waals surface area contributed by atoms with Gasteiger partial charge < -0.3 is 9.88 Å². The van der Waals surface area contributed by atoms with Gasteiger partial charge in [0, 0.05) is 31.4 Å². The zero-order valence-corrected chi connectivity index (χ0v) is 12.5. The lowest BCUT2D eigenvalue weighted by Gasteiger charge is -2.21. The van der Waals surface area contributed by atoms with Crippen LogP contribution in [0.15, 0.2) is 18.5 Å². The third-order valence-electron chi connectivity index (χ3n) is 3.37. The van der Waals surface area contributed by atoms with Gasteiger partial charge in [0.05, 0.1) is 6.07 Å². The van der Waals surface area contributed by atoms with E-state index in [1.54, 1.807) is 0 Å². The first-order chi connectivity index (χ1) is 9.19. The molecular formula is C16H27N3. The molecule has 1 rings (SSSR count). The molecule has 0 radical (unpaired) electrons. The zero-order valence-electron chi connectivity index (χ0n) is 12.5. The molecule has 1 heterocycles. The van der Waals surface area contributed by atoms with Gasteiger partial charge in [-0.15, -0.1) is 0 Å². The second kappa shape index (κ2) is 8.77. The molecule has 1 unspecified atom stereocenters. The summed E-state index contributed by atoms with van der Waals surface area (Å²) in [6, 6.07) is 4.86. The van der Waals surface area contributed by atoms with Crippen LogP contribution < -0.4 is 5.32 Å². The predicted molar refractivity (Wildman–Crippen MR) is 79.8 cm³/mol. The number of nitrogens with zero attached hydrogens (tertiary/aromatic N) is 2. The number of nitrogens with one attached hydrogen (secondary N) is 1. The van der Waals surface area contributed by atoms with Crippen LogP contribution in [0.2, 0.25) is 0 Å². The van der Waals surface area contributed by atoms with Crippen LogP contribution in [0.25, 0.3) is 0 Å². The predicted octanol–water partition coefficient (Wildman–Crippen LogP) is 3.88. The highest BCUT2D eigenvalue weighted by Gasteiger charge is 2.15. The summed E-state index contributed by atoms with van der Waals surface area (Å²) in [5, 5.41) is 12.1. The lowest BCUT2D eigenvalue weighted by Crippen LogP contribution is -2.26. The van der Waals surface area contributed by atoms with E-state index in [-0.39, 0.29) is 0 Å². The number of hydrogen-bond acceptors (Lipinski definition) is 2. The van der Waals surface area contributed by atoms with Crippen molar-refractivity contribution in [2.24, 2.45) is 5.92 Å². The molecule has 1 aromatic heterocycles. The molecule has 0 fully saturated rings. The van der Waals surface area contributed by atoms with Gasteiger partial charge >= 0.3 is 0 Å². The summed E-state index contributed by atoms with van der Waals surface area (Å²) >= 11 is 0. The molecule has 3 nitrogen and oxygen atoms in total. The number of aryl methyl sites for hydroxylation is 1. The van der Waals surface area contributed by atoms with Crippen molar-refractivity contribution in [1.29, 1.82) is 5.26 Å². The minimum atomic E-state index is 0.445. The van der Waals surface area contributed by atoms with Crippen LogP contribution >= 0.6 is 0 Å². The molecule has 0 aliphatic rings. The fraction of sp³-hybridized carbons (Fsp3) is 0.688. The molecule has 0 saturated heterocycles. The summed E-state index contributed by atoms with van der Waals surface area (Å²) in [6.45, 7) is 8.80. The normalized spacial score (nSPS) is 12.6. The highest BCUT2D eigenvalue weighted by atomic mass is 15.0. The lowest BCUT2D eigenvalue weighted by atomic mass is 9.98. The van der Waals surface area contributed by atoms with Crippen molar-refractivity contribution >= 4 is 0 Å². The van der Waals surface area contributed by atoms with Crippen LogP contribution in [-0.4, -0.2) is 11.1 Å². The monoisotopic (exact) mass is 261 g/mol. The summed E-state index contributed by atoms with van der Waals surface area (Å²) < 4.78 is 2.25. The Morgan fingerprint density at radius 1 is 1.37 bits per heavy atom. The van der Waals surface area contributed by atoms with E-state index in [1.165, 1.54) is 5.56 Å². The third-order valence-corrected chi connectivity index (χ3v) is 3.37. The highest BCUT2D eigenvalue weighted by Crippen LogP contribution is 2.22. The van der Waals surface area contributed by atoms with Crippen molar-refractivity contribution in [3.63, 3.8) is 0 Å². The van der Waals surface area contributed by atoms with Gasteiger partial charge in [-0.25, -0.2) is 0 Å².